The topological polar surface area (TPSA) is 23.6 Å². The molecule has 0 saturated carbocycles. The first-order chi connectivity index (χ1) is 6.79. The fourth-order valence-electron chi connectivity index (χ4n) is 2.83. The van der Waals surface area contributed by atoms with Crippen molar-refractivity contribution in [3.8, 4) is 0 Å². The van der Waals surface area contributed by atoms with Crippen molar-refractivity contribution in [2.75, 3.05) is 13.6 Å². The number of carbonyl (C=O) groups excluding carboxylic acids is 1. The first-order valence-electron chi connectivity index (χ1n) is 5.22. The SMILES string of the molecule is CN1C(=O)N2CCCC3C=CC=C1C32. The number of likely N-dealkylation sites (N-methyl/N-ethyl adjacent to an activating group) is 1. The van der Waals surface area contributed by atoms with Crippen molar-refractivity contribution >= 4 is 6.03 Å². The van der Waals surface area contributed by atoms with Crippen LogP contribution in [0, 0.1) is 5.92 Å². The number of allylic oxidation sites excluding steroid dienone is 2. The molecule has 2 saturated heterocycles. The lowest BCUT2D eigenvalue weighted by Gasteiger charge is -2.35. The smallest absolute Gasteiger partial charge is 0.315 e. The second-order valence-electron chi connectivity index (χ2n) is 4.26. The molecule has 3 heteroatoms. The zero-order valence-corrected chi connectivity index (χ0v) is 8.31. The Hall–Kier alpha value is -1.25. The number of piperidine rings is 1. The van der Waals surface area contributed by atoms with Crippen LogP contribution in [0.3, 0.4) is 0 Å². The van der Waals surface area contributed by atoms with Crippen LogP contribution in [0.5, 0.6) is 0 Å². The van der Waals surface area contributed by atoms with E-state index in [0.29, 0.717) is 12.0 Å². The molecule has 2 unspecified atom stereocenters. The van der Waals surface area contributed by atoms with E-state index in [1.165, 1.54) is 12.1 Å². The van der Waals surface area contributed by atoms with Crippen LogP contribution in [-0.2, 0) is 0 Å². The maximum atomic E-state index is 11.9. The normalized spacial score (nSPS) is 34.6. The minimum absolute atomic E-state index is 0.176. The summed E-state index contributed by atoms with van der Waals surface area (Å²) in [6, 6.07) is 0.515. The van der Waals surface area contributed by atoms with Crippen LogP contribution < -0.4 is 0 Å². The monoisotopic (exact) mass is 190 g/mol. The van der Waals surface area contributed by atoms with E-state index in [0.717, 1.165) is 13.0 Å². The van der Waals surface area contributed by atoms with Gasteiger partial charge in [-0.25, -0.2) is 4.79 Å². The van der Waals surface area contributed by atoms with E-state index in [2.05, 4.69) is 18.2 Å². The van der Waals surface area contributed by atoms with Gasteiger partial charge in [-0.1, -0.05) is 12.2 Å². The van der Waals surface area contributed by atoms with E-state index in [9.17, 15) is 4.79 Å². The molecule has 2 amide bonds. The van der Waals surface area contributed by atoms with Gasteiger partial charge in [-0.2, -0.15) is 0 Å². The molecular weight excluding hydrogens is 176 g/mol. The highest BCUT2D eigenvalue weighted by molar-refractivity contribution is 5.81. The van der Waals surface area contributed by atoms with Crippen LogP contribution in [-0.4, -0.2) is 35.5 Å². The van der Waals surface area contributed by atoms with E-state index < -0.39 is 0 Å². The van der Waals surface area contributed by atoms with Crippen molar-refractivity contribution in [3.63, 3.8) is 0 Å². The Kier molecular flexibility index (Phi) is 1.52. The van der Waals surface area contributed by atoms with Crippen LogP contribution in [0.15, 0.2) is 23.9 Å². The van der Waals surface area contributed by atoms with Gasteiger partial charge in [-0.3, -0.25) is 4.90 Å². The third-order valence-corrected chi connectivity index (χ3v) is 3.53. The molecule has 3 aliphatic rings. The first kappa shape index (κ1) is 8.09. The predicted octanol–water partition coefficient (Wildman–Crippen LogP) is 1.59. The van der Waals surface area contributed by atoms with Crippen LogP contribution >= 0.6 is 0 Å². The van der Waals surface area contributed by atoms with Crippen molar-refractivity contribution in [1.82, 2.24) is 9.80 Å². The van der Waals surface area contributed by atoms with E-state index in [1.807, 2.05) is 11.9 Å². The molecule has 2 heterocycles. The highest BCUT2D eigenvalue weighted by Crippen LogP contribution is 2.38. The van der Waals surface area contributed by atoms with Crippen LogP contribution in [0.1, 0.15) is 12.8 Å². The number of urea groups is 1. The fourth-order valence-corrected chi connectivity index (χ4v) is 2.83. The molecule has 0 aromatic heterocycles. The third-order valence-electron chi connectivity index (χ3n) is 3.53. The van der Waals surface area contributed by atoms with E-state index in [4.69, 9.17) is 0 Å². The lowest BCUT2D eigenvalue weighted by atomic mass is 9.85. The largest absolute Gasteiger partial charge is 0.324 e. The summed E-state index contributed by atoms with van der Waals surface area (Å²) in [5.74, 6) is 0.553. The molecule has 0 aromatic carbocycles. The second kappa shape index (κ2) is 2.62. The van der Waals surface area contributed by atoms with E-state index >= 15 is 0 Å². The number of hydrogen-bond donors (Lipinski definition) is 0. The molecule has 2 aliphatic heterocycles. The quantitative estimate of drug-likeness (QED) is 0.569. The Morgan fingerprint density at radius 3 is 3.21 bits per heavy atom. The van der Waals surface area contributed by atoms with Gasteiger partial charge < -0.3 is 4.90 Å². The van der Waals surface area contributed by atoms with Crippen LogP contribution in [0.25, 0.3) is 0 Å². The molecule has 0 aromatic rings. The summed E-state index contributed by atoms with van der Waals surface area (Å²) < 4.78 is 0. The molecule has 3 nitrogen and oxygen atoms in total. The van der Waals surface area contributed by atoms with E-state index in [-0.39, 0.29) is 6.03 Å². The van der Waals surface area contributed by atoms with Crippen LogP contribution in [0.4, 0.5) is 4.79 Å². The first-order valence-corrected chi connectivity index (χ1v) is 5.22. The molecule has 0 radical (unpaired) electrons. The third kappa shape index (κ3) is 0.846. The highest BCUT2D eigenvalue weighted by atomic mass is 16.2. The minimum Gasteiger partial charge on any atom is -0.315 e. The van der Waals surface area contributed by atoms with Gasteiger partial charge >= 0.3 is 6.03 Å². The highest BCUT2D eigenvalue weighted by Gasteiger charge is 2.45. The molecule has 1 aliphatic carbocycles. The zero-order chi connectivity index (χ0) is 9.71. The van der Waals surface area contributed by atoms with Crippen molar-refractivity contribution < 1.29 is 4.79 Å². The molecule has 2 atom stereocenters. The molecule has 14 heavy (non-hydrogen) atoms. The number of hydrogen-bond acceptors (Lipinski definition) is 1. The van der Waals surface area contributed by atoms with Crippen LogP contribution in [0.2, 0.25) is 0 Å². The Morgan fingerprint density at radius 1 is 1.50 bits per heavy atom. The minimum atomic E-state index is 0.176. The Balaban J connectivity index is 2.06. The average molecular weight is 190 g/mol. The Labute approximate surface area is 83.7 Å². The maximum Gasteiger partial charge on any atom is 0.324 e. The molecule has 2 fully saturated rings. The number of rotatable bonds is 0. The molecule has 0 N–H and O–H groups in total. The standard InChI is InChI=1S/C11H14N2O/c1-12-9-6-2-4-8-5-3-7-13(10(8)9)11(12)14/h2,4,6,8,10H,3,5,7H2,1H3. The van der Waals surface area contributed by atoms with Gasteiger partial charge in [0.15, 0.2) is 0 Å². The lowest BCUT2D eigenvalue weighted by molar-refractivity contribution is 0.164. The number of nitrogens with zero attached hydrogens (tertiary/aromatic N) is 2. The maximum absolute atomic E-state index is 11.9. The van der Waals surface area contributed by atoms with Gasteiger partial charge in [0.25, 0.3) is 0 Å². The van der Waals surface area contributed by atoms with Gasteiger partial charge in [0.05, 0.1) is 6.04 Å². The number of carbonyl (C=O) groups is 1. The number of amides is 2. The van der Waals surface area contributed by atoms with Crippen molar-refractivity contribution in [1.29, 1.82) is 0 Å². The second-order valence-corrected chi connectivity index (χ2v) is 4.26. The summed E-state index contributed by atoms with van der Waals surface area (Å²) in [7, 11) is 1.88. The van der Waals surface area contributed by atoms with Crippen molar-refractivity contribution in [2.24, 2.45) is 5.92 Å². The molecule has 0 bridgehead atoms. The summed E-state index contributed by atoms with van der Waals surface area (Å²) in [5.41, 5.74) is 1.18. The Bertz CT molecular complexity index is 345. The molecular formula is C11H14N2O. The van der Waals surface area contributed by atoms with Gasteiger partial charge in [0.2, 0.25) is 0 Å². The van der Waals surface area contributed by atoms with Crippen molar-refractivity contribution in [2.45, 2.75) is 18.9 Å². The lowest BCUT2D eigenvalue weighted by Crippen LogP contribution is -2.43. The van der Waals surface area contributed by atoms with Gasteiger partial charge in [-0.05, 0) is 18.9 Å². The summed E-state index contributed by atoms with van der Waals surface area (Å²) in [4.78, 5) is 15.7. The average Bonchev–Trinajstić information content (AvgIpc) is 2.47. The zero-order valence-electron chi connectivity index (χ0n) is 8.31. The van der Waals surface area contributed by atoms with E-state index in [1.54, 1.807) is 4.90 Å². The summed E-state index contributed by atoms with van der Waals surface area (Å²) in [5, 5.41) is 0. The molecule has 3 rings (SSSR count). The molecule has 0 spiro atoms. The van der Waals surface area contributed by atoms with Gasteiger partial charge in [0, 0.05) is 25.2 Å². The summed E-state index contributed by atoms with van der Waals surface area (Å²) >= 11 is 0. The fraction of sp³-hybridized carbons (Fsp3) is 0.545. The van der Waals surface area contributed by atoms with Gasteiger partial charge in [-0.15, -0.1) is 0 Å². The summed E-state index contributed by atoms with van der Waals surface area (Å²) in [6.45, 7) is 0.926. The predicted molar refractivity (Wildman–Crippen MR) is 53.6 cm³/mol. The van der Waals surface area contributed by atoms with Gasteiger partial charge in [0.1, 0.15) is 0 Å². The Morgan fingerprint density at radius 2 is 2.36 bits per heavy atom. The molecule has 74 valence electrons. The van der Waals surface area contributed by atoms with Crippen molar-refractivity contribution in [3.05, 3.63) is 23.9 Å². The summed E-state index contributed by atoms with van der Waals surface area (Å²) in [6.07, 6.45) is 8.76.